The zero-order valence-electron chi connectivity index (χ0n) is 11.2. The molecule has 3 aromatic rings. The first-order valence-electron chi connectivity index (χ1n) is 6.16. The molecule has 0 bridgehead atoms. The Bertz CT molecular complexity index is 773. The molecule has 0 unspecified atom stereocenters. The van der Waals surface area contributed by atoms with E-state index in [1.807, 2.05) is 36.4 Å². The first-order chi connectivity index (χ1) is 10.2. The number of benzene rings is 2. The summed E-state index contributed by atoms with van der Waals surface area (Å²) in [5, 5.41) is 14.4. The van der Waals surface area contributed by atoms with Crippen molar-refractivity contribution in [3.8, 4) is 28.3 Å². The third kappa shape index (κ3) is 2.53. The molecule has 0 aliphatic carbocycles. The number of halogens is 1. The highest BCUT2D eigenvalue weighted by Gasteiger charge is 2.12. The first kappa shape index (κ1) is 13.4. The lowest BCUT2D eigenvalue weighted by Gasteiger charge is -2.10. The van der Waals surface area contributed by atoms with Crippen LogP contribution in [0.4, 0.5) is 5.69 Å². The van der Waals surface area contributed by atoms with Crippen LogP contribution in [0.25, 0.3) is 22.5 Å². The van der Waals surface area contributed by atoms with Crippen LogP contribution in [0.5, 0.6) is 5.75 Å². The van der Waals surface area contributed by atoms with Gasteiger partial charge in [-0.3, -0.25) is 0 Å². The van der Waals surface area contributed by atoms with Crippen molar-refractivity contribution in [3.05, 3.63) is 41.4 Å². The number of aromatic nitrogens is 4. The van der Waals surface area contributed by atoms with Gasteiger partial charge >= 0.3 is 0 Å². The van der Waals surface area contributed by atoms with Gasteiger partial charge in [0, 0.05) is 11.3 Å². The molecule has 2 aromatic carbocycles. The summed E-state index contributed by atoms with van der Waals surface area (Å²) in [5.74, 6) is 1.17. The number of nitrogens with one attached hydrogen (secondary N) is 1. The summed E-state index contributed by atoms with van der Waals surface area (Å²) in [6.07, 6.45) is 0. The van der Waals surface area contributed by atoms with Crippen LogP contribution in [-0.2, 0) is 0 Å². The van der Waals surface area contributed by atoms with Crippen molar-refractivity contribution in [2.24, 2.45) is 0 Å². The Labute approximate surface area is 125 Å². The lowest BCUT2D eigenvalue weighted by atomic mass is 9.98. The maximum Gasteiger partial charge on any atom is 0.180 e. The Hall–Kier alpha value is -2.60. The second-order valence-corrected chi connectivity index (χ2v) is 4.81. The molecule has 0 radical (unpaired) electrons. The molecular formula is C14H12ClN5O. The van der Waals surface area contributed by atoms with Crippen molar-refractivity contribution >= 4 is 17.3 Å². The molecule has 0 saturated carbocycles. The molecule has 6 nitrogen and oxygen atoms in total. The summed E-state index contributed by atoms with van der Waals surface area (Å²) in [6, 6.07) is 11.1. The van der Waals surface area contributed by atoms with Gasteiger partial charge in [0.15, 0.2) is 5.82 Å². The molecule has 106 valence electrons. The third-order valence-corrected chi connectivity index (χ3v) is 3.40. The molecule has 0 aliphatic heterocycles. The van der Waals surface area contributed by atoms with Crippen LogP contribution in [0, 0.1) is 0 Å². The van der Waals surface area contributed by atoms with E-state index in [-0.39, 0.29) is 0 Å². The number of rotatable bonds is 3. The summed E-state index contributed by atoms with van der Waals surface area (Å²) < 4.78 is 5.17. The standard InChI is InChI=1S/C14H12ClN5O/c1-21-13-5-2-8(6-12(13)15)10-4-3-9(16)7-11(10)14-17-19-20-18-14/h2-7H,16H2,1H3,(H,17,18,19,20). The summed E-state index contributed by atoms with van der Waals surface area (Å²) in [7, 11) is 1.58. The Morgan fingerprint density at radius 1 is 1.14 bits per heavy atom. The number of anilines is 1. The van der Waals surface area contributed by atoms with Gasteiger partial charge in [0.05, 0.1) is 12.1 Å². The molecular weight excluding hydrogens is 290 g/mol. The Morgan fingerprint density at radius 2 is 2.00 bits per heavy atom. The zero-order chi connectivity index (χ0) is 14.8. The number of nitrogens with zero attached hydrogens (tertiary/aromatic N) is 3. The van der Waals surface area contributed by atoms with Gasteiger partial charge in [-0.1, -0.05) is 23.7 Å². The highest BCUT2D eigenvalue weighted by atomic mass is 35.5. The van der Waals surface area contributed by atoms with Gasteiger partial charge in [0.1, 0.15) is 5.75 Å². The minimum atomic E-state index is 0.536. The lowest BCUT2D eigenvalue weighted by molar-refractivity contribution is 0.415. The van der Waals surface area contributed by atoms with Crippen LogP contribution in [-0.4, -0.2) is 27.7 Å². The van der Waals surface area contributed by atoms with Crippen LogP contribution in [0.1, 0.15) is 0 Å². The van der Waals surface area contributed by atoms with Gasteiger partial charge in [-0.2, -0.15) is 0 Å². The molecule has 0 aliphatic rings. The number of methoxy groups -OCH3 is 1. The predicted molar refractivity (Wildman–Crippen MR) is 81.0 cm³/mol. The largest absolute Gasteiger partial charge is 0.495 e. The van der Waals surface area contributed by atoms with Crippen molar-refractivity contribution in [2.75, 3.05) is 12.8 Å². The molecule has 3 rings (SSSR count). The van der Waals surface area contributed by atoms with Gasteiger partial charge in [0.2, 0.25) is 0 Å². The van der Waals surface area contributed by atoms with E-state index < -0.39 is 0 Å². The van der Waals surface area contributed by atoms with E-state index in [9.17, 15) is 0 Å². The van der Waals surface area contributed by atoms with Gasteiger partial charge in [0.25, 0.3) is 0 Å². The predicted octanol–water partition coefficient (Wildman–Crippen LogP) is 2.78. The highest BCUT2D eigenvalue weighted by molar-refractivity contribution is 6.32. The van der Waals surface area contributed by atoms with Crippen molar-refractivity contribution in [1.82, 2.24) is 20.6 Å². The van der Waals surface area contributed by atoms with Crippen molar-refractivity contribution in [3.63, 3.8) is 0 Å². The van der Waals surface area contributed by atoms with E-state index >= 15 is 0 Å². The van der Waals surface area contributed by atoms with Crippen LogP contribution in [0.2, 0.25) is 5.02 Å². The van der Waals surface area contributed by atoms with Crippen molar-refractivity contribution in [2.45, 2.75) is 0 Å². The zero-order valence-corrected chi connectivity index (χ0v) is 11.9. The Morgan fingerprint density at radius 3 is 2.67 bits per heavy atom. The molecule has 0 fully saturated rings. The topological polar surface area (TPSA) is 89.7 Å². The minimum absolute atomic E-state index is 0.536. The molecule has 0 atom stereocenters. The molecule has 3 N–H and O–H groups in total. The molecule has 7 heteroatoms. The Balaban J connectivity index is 2.16. The van der Waals surface area contributed by atoms with E-state index in [0.717, 1.165) is 16.7 Å². The quantitative estimate of drug-likeness (QED) is 0.726. The minimum Gasteiger partial charge on any atom is -0.495 e. The van der Waals surface area contributed by atoms with Crippen LogP contribution in [0.15, 0.2) is 36.4 Å². The number of hydrogen-bond donors (Lipinski definition) is 2. The van der Waals surface area contributed by atoms with Crippen molar-refractivity contribution < 1.29 is 4.74 Å². The number of H-pyrrole nitrogens is 1. The lowest BCUT2D eigenvalue weighted by Crippen LogP contribution is -1.92. The summed E-state index contributed by atoms with van der Waals surface area (Å²) in [6.45, 7) is 0. The highest BCUT2D eigenvalue weighted by Crippen LogP contribution is 2.35. The third-order valence-electron chi connectivity index (χ3n) is 3.11. The SMILES string of the molecule is COc1ccc(-c2ccc(N)cc2-c2nnn[nH]2)cc1Cl. The second kappa shape index (κ2) is 5.41. The molecule has 0 amide bonds. The summed E-state index contributed by atoms with van der Waals surface area (Å²) in [5.41, 5.74) is 9.14. The number of ether oxygens (including phenoxy) is 1. The van der Waals surface area contributed by atoms with E-state index in [4.69, 9.17) is 22.1 Å². The van der Waals surface area contributed by atoms with E-state index in [1.165, 1.54) is 0 Å². The molecule has 0 saturated heterocycles. The maximum atomic E-state index is 6.19. The van der Waals surface area contributed by atoms with E-state index in [2.05, 4.69) is 20.6 Å². The summed E-state index contributed by atoms with van der Waals surface area (Å²) in [4.78, 5) is 0. The van der Waals surface area contributed by atoms with Crippen LogP contribution < -0.4 is 10.5 Å². The van der Waals surface area contributed by atoms with Crippen molar-refractivity contribution in [1.29, 1.82) is 0 Å². The molecule has 1 heterocycles. The molecule has 21 heavy (non-hydrogen) atoms. The fourth-order valence-corrected chi connectivity index (χ4v) is 2.37. The smallest absolute Gasteiger partial charge is 0.180 e. The normalized spacial score (nSPS) is 10.6. The molecule has 1 aromatic heterocycles. The summed E-state index contributed by atoms with van der Waals surface area (Å²) >= 11 is 6.19. The number of nitrogen functional groups attached to an aromatic ring is 1. The second-order valence-electron chi connectivity index (χ2n) is 4.40. The average molecular weight is 302 g/mol. The monoisotopic (exact) mass is 301 g/mol. The van der Waals surface area contributed by atoms with E-state index in [1.54, 1.807) is 7.11 Å². The fraction of sp³-hybridized carbons (Fsp3) is 0.0714. The number of aromatic amines is 1. The van der Waals surface area contributed by atoms with Crippen LogP contribution >= 0.6 is 11.6 Å². The van der Waals surface area contributed by atoms with Gasteiger partial charge in [-0.15, -0.1) is 5.10 Å². The van der Waals surface area contributed by atoms with Gasteiger partial charge < -0.3 is 10.5 Å². The van der Waals surface area contributed by atoms with Crippen LogP contribution in [0.3, 0.4) is 0 Å². The fourth-order valence-electron chi connectivity index (χ4n) is 2.12. The average Bonchev–Trinajstić information content (AvgIpc) is 3.01. The van der Waals surface area contributed by atoms with E-state index in [0.29, 0.717) is 22.3 Å². The van der Waals surface area contributed by atoms with Gasteiger partial charge in [-0.25, -0.2) is 5.10 Å². The maximum absolute atomic E-state index is 6.19. The van der Waals surface area contributed by atoms with Gasteiger partial charge in [-0.05, 0) is 45.8 Å². The number of hydrogen-bond acceptors (Lipinski definition) is 5. The Kier molecular flexibility index (Phi) is 3.45. The first-order valence-corrected chi connectivity index (χ1v) is 6.54. The number of nitrogens with two attached hydrogens (primary N) is 1. The number of tetrazole rings is 1. The molecule has 0 spiro atoms.